The Hall–Kier alpha value is -1.95. The van der Waals surface area contributed by atoms with Crippen LogP contribution in [-0.4, -0.2) is 40.8 Å². The summed E-state index contributed by atoms with van der Waals surface area (Å²) in [6.45, 7) is 6.14. The largest absolute Gasteiger partial charge is 0.490 e. The quantitative estimate of drug-likeness (QED) is 0.857. The van der Waals surface area contributed by atoms with Crippen molar-refractivity contribution in [3.63, 3.8) is 0 Å². The van der Waals surface area contributed by atoms with Crippen molar-refractivity contribution in [3.05, 3.63) is 28.3 Å². The van der Waals surface area contributed by atoms with E-state index in [1.54, 1.807) is 20.8 Å². The SMILES string of the molecule is CC(C)(C)OC(=O)N1CCOc2c(Cl)cc(C(=O)O)cc2C1. The van der Waals surface area contributed by atoms with Crippen molar-refractivity contribution < 1.29 is 24.2 Å². The summed E-state index contributed by atoms with van der Waals surface area (Å²) in [4.78, 5) is 24.8. The predicted octanol–water partition coefficient (Wildman–Crippen LogP) is 3.17. The molecule has 0 bridgehead atoms. The zero-order valence-electron chi connectivity index (χ0n) is 12.7. The van der Waals surface area contributed by atoms with Gasteiger partial charge >= 0.3 is 12.1 Å². The van der Waals surface area contributed by atoms with E-state index in [1.807, 2.05) is 0 Å². The van der Waals surface area contributed by atoms with Crippen LogP contribution >= 0.6 is 11.6 Å². The third kappa shape index (κ3) is 3.82. The fourth-order valence-corrected chi connectivity index (χ4v) is 2.37. The standard InChI is InChI=1S/C15H18ClNO5/c1-15(2,3)22-14(20)17-4-5-21-12-10(8-17)6-9(13(18)19)7-11(12)16/h6-7H,4-5,8H2,1-3H3,(H,18,19). The lowest BCUT2D eigenvalue weighted by Crippen LogP contribution is -2.37. The topological polar surface area (TPSA) is 76.1 Å². The number of carbonyl (C=O) groups is 2. The molecule has 0 saturated heterocycles. The molecule has 1 aliphatic rings. The highest BCUT2D eigenvalue weighted by Gasteiger charge is 2.26. The molecule has 2 rings (SSSR count). The molecule has 7 heteroatoms. The summed E-state index contributed by atoms with van der Waals surface area (Å²) in [5.74, 6) is -0.671. The first-order valence-corrected chi connectivity index (χ1v) is 7.21. The van der Waals surface area contributed by atoms with Gasteiger partial charge in [-0.1, -0.05) is 11.6 Å². The Balaban J connectivity index is 2.29. The predicted molar refractivity (Wildman–Crippen MR) is 80.6 cm³/mol. The summed E-state index contributed by atoms with van der Waals surface area (Å²) in [5.41, 5.74) is -0.000161. The molecule has 0 radical (unpaired) electrons. The molecule has 0 spiro atoms. The number of rotatable bonds is 1. The molecule has 1 aromatic carbocycles. The molecular formula is C15H18ClNO5. The molecule has 1 N–H and O–H groups in total. The first-order chi connectivity index (χ1) is 10.2. The van der Waals surface area contributed by atoms with Crippen molar-refractivity contribution >= 4 is 23.7 Å². The van der Waals surface area contributed by atoms with Crippen LogP contribution in [0.25, 0.3) is 0 Å². The van der Waals surface area contributed by atoms with Crippen LogP contribution in [0.5, 0.6) is 5.75 Å². The van der Waals surface area contributed by atoms with Gasteiger partial charge in [0.1, 0.15) is 18.0 Å². The minimum absolute atomic E-state index is 0.0541. The number of carboxylic acids is 1. The Morgan fingerprint density at radius 3 is 2.64 bits per heavy atom. The summed E-state index contributed by atoms with van der Waals surface area (Å²) >= 11 is 6.07. The number of ether oxygens (including phenoxy) is 2. The molecule has 1 aromatic rings. The van der Waals surface area contributed by atoms with E-state index in [9.17, 15) is 9.59 Å². The van der Waals surface area contributed by atoms with Crippen LogP contribution in [-0.2, 0) is 11.3 Å². The maximum Gasteiger partial charge on any atom is 0.410 e. The fourth-order valence-electron chi connectivity index (χ4n) is 2.08. The van der Waals surface area contributed by atoms with Crippen LogP contribution in [0.15, 0.2) is 12.1 Å². The number of halogens is 1. The van der Waals surface area contributed by atoms with Crippen molar-refractivity contribution in [2.45, 2.75) is 32.9 Å². The second-order valence-corrected chi connectivity index (χ2v) is 6.41. The smallest absolute Gasteiger partial charge is 0.410 e. The maximum atomic E-state index is 12.2. The van der Waals surface area contributed by atoms with Gasteiger partial charge in [0.05, 0.1) is 23.7 Å². The van der Waals surface area contributed by atoms with Crippen molar-refractivity contribution in [3.8, 4) is 5.75 Å². The summed E-state index contributed by atoms with van der Waals surface area (Å²) in [6, 6.07) is 2.80. The van der Waals surface area contributed by atoms with Gasteiger partial charge in [-0.05, 0) is 32.9 Å². The number of hydrogen-bond acceptors (Lipinski definition) is 4. The van der Waals surface area contributed by atoms with Crippen molar-refractivity contribution in [2.24, 2.45) is 0 Å². The van der Waals surface area contributed by atoms with Gasteiger partial charge in [-0.25, -0.2) is 9.59 Å². The zero-order chi connectivity index (χ0) is 16.5. The van der Waals surface area contributed by atoms with Crippen LogP contribution in [0.1, 0.15) is 36.7 Å². The second kappa shape index (κ2) is 6.04. The fraction of sp³-hybridized carbons (Fsp3) is 0.467. The zero-order valence-corrected chi connectivity index (χ0v) is 13.4. The number of benzene rings is 1. The van der Waals surface area contributed by atoms with E-state index in [1.165, 1.54) is 17.0 Å². The van der Waals surface area contributed by atoms with Crippen molar-refractivity contribution in [1.29, 1.82) is 0 Å². The van der Waals surface area contributed by atoms with Gasteiger partial charge < -0.3 is 19.5 Å². The first kappa shape index (κ1) is 16.4. The van der Waals surface area contributed by atoms with Gasteiger partial charge in [-0.2, -0.15) is 0 Å². The van der Waals surface area contributed by atoms with Gasteiger partial charge in [0.25, 0.3) is 0 Å². The van der Waals surface area contributed by atoms with E-state index in [4.69, 9.17) is 26.2 Å². The minimum Gasteiger partial charge on any atom is -0.490 e. The Bertz CT molecular complexity index is 609. The molecule has 0 saturated carbocycles. The van der Waals surface area contributed by atoms with E-state index in [2.05, 4.69) is 0 Å². The van der Waals surface area contributed by atoms with Gasteiger partial charge in [-0.15, -0.1) is 0 Å². The van der Waals surface area contributed by atoms with Crippen LogP contribution in [0.3, 0.4) is 0 Å². The number of carbonyl (C=O) groups excluding carboxylic acids is 1. The Morgan fingerprint density at radius 2 is 2.05 bits per heavy atom. The molecule has 1 aliphatic heterocycles. The Labute approximate surface area is 133 Å². The highest BCUT2D eigenvalue weighted by Crippen LogP contribution is 2.33. The molecule has 1 heterocycles. The lowest BCUT2D eigenvalue weighted by atomic mass is 10.1. The van der Waals surface area contributed by atoms with E-state index >= 15 is 0 Å². The van der Waals surface area contributed by atoms with Crippen LogP contribution < -0.4 is 4.74 Å². The third-order valence-corrected chi connectivity index (χ3v) is 3.27. The van der Waals surface area contributed by atoms with Gasteiger partial charge in [0.2, 0.25) is 0 Å². The van der Waals surface area contributed by atoms with E-state index < -0.39 is 17.7 Å². The molecular weight excluding hydrogens is 310 g/mol. The maximum absolute atomic E-state index is 12.2. The third-order valence-electron chi connectivity index (χ3n) is 2.99. The van der Waals surface area contributed by atoms with E-state index in [-0.39, 0.29) is 23.7 Å². The molecule has 0 unspecified atom stereocenters. The molecule has 0 aromatic heterocycles. The molecule has 6 nitrogen and oxygen atoms in total. The number of carboxylic acid groups (broad SMARTS) is 1. The molecule has 0 fully saturated rings. The molecule has 1 amide bonds. The molecule has 120 valence electrons. The van der Waals surface area contributed by atoms with Crippen LogP contribution in [0.4, 0.5) is 4.79 Å². The summed E-state index contributed by atoms with van der Waals surface area (Å²) in [7, 11) is 0. The lowest BCUT2D eigenvalue weighted by Gasteiger charge is -2.26. The number of amides is 1. The van der Waals surface area contributed by atoms with Gasteiger partial charge in [0.15, 0.2) is 0 Å². The molecule has 22 heavy (non-hydrogen) atoms. The van der Waals surface area contributed by atoms with Crippen molar-refractivity contribution in [2.75, 3.05) is 13.2 Å². The number of nitrogens with zero attached hydrogens (tertiary/aromatic N) is 1. The van der Waals surface area contributed by atoms with Gasteiger partial charge in [-0.3, -0.25) is 0 Å². The molecule has 0 aliphatic carbocycles. The average Bonchev–Trinajstić information content (AvgIpc) is 2.59. The highest BCUT2D eigenvalue weighted by molar-refractivity contribution is 6.32. The molecule has 0 atom stereocenters. The average molecular weight is 328 g/mol. The minimum atomic E-state index is -1.09. The first-order valence-electron chi connectivity index (χ1n) is 6.84. The number of aromatic carboxylic acids is 1. The Morgan fingerprint density at radius 1 is 1.36 bits per heavy atom. The summed E-state index contributed by atoms with van der Waals surface area (Å²) < 4.78 is 10.9. The second-order valence-electron chi connectivity index (χ2n) is 6.00. The van der Waals surface area contributed by atoms with Gasteiger partial charge in [0, 0.05) is 5.56 Å². The Kier molecular flexibility index (Phi) is 4.51. The van der Waals surface area contributed by atoms with E-state index in [0.717, 1.165) is 0 Å². The summed E-state index contributed by atoms with van der Waals surface area (Å²) in [5, 5.41) is 9.33. The van der Waals surface area contributed by atoms with Crippen LogP contribution in [0, 0.1) is 0 Å². The number of fused-ring (bicyclic) bond motifs is 1. The van der Waals surface area contributed by atoms with E-state index in [0.29, 0.717) is 17.9 Å². The lowest BCUT2D eigenvalue weighted by molar-refractivity contribution is 0.0225. The van der Waals surface area contributed by atoms with Crippen molar-refractivity contribution in [1.82, 2.24) is 4.90 Å². The number of hydrogen-bond donors (Lipinski definition) is 1. The normalized spacial score (nSPS) is 14.6. The summed E-state index contributed by atoms with van der Waals surface area (Å²) in [6.07, 6.45) is -0.471. The monoisotopic (exact) mass is 327 g/mol. The highest BCUT2D eigenvalue weighted by atomic mass is 35.5. The van der Waals surface area contributed by atoms with Crippen LogP contribution in [0.2, 0.25) is 5.02 Å².